The molecule has 0 aliphatic carbocycles. The lowest BCUT2D eigenvalue weighted by Gasteiger charge is -2.03. The van der Waals surface area contributed by atoms with Gasteiger partial charge in [0.2, 0.25) is 4.45 Å². The van der Waals surface area contributed by atoms with Crippen LogP contribution in [0.25, 0.3) is 0 Å². The van der Waals surface area contributed by atoms with E-state index in [0.29, 0.717) is 12.4 Å². The Balaban J connectivity index is 3.81. The number of esters is 1. The smallest absolute Gasteiger partial charge is 0.330 e. The van der Waals surface area contributed by atoms with Crippen LogP contribution in [0.15, 0.2) is 37.5 Å². The Morgan fingerprint density at radius 2 is 2.00 bits per heavy atom. The van der Waals surface area contributed by atoms with Crippen molar-refractivity contribution in [1.29, 1.82) is 0 Å². The van der Waals surface area contributed by atoms with Crippen LogP contribution in [0.1, 0.15) is 6.92 Å². The van der Waals surface area contributed by atoms with Crippen LogP contribution in [0.3, 0.4) is 0 Å². The molecule has 0 aromatic carbocycles. The summed E-state index contributed by atoms with van der Waals surface area (Å²) in [4.78, 5) is 22.3. The first-order chi connectivity index (χ1) is 8.13. The highest BCUT2D eigenvalue weighted by Gasteiger charge is 2.07. The zero-order chi connectivity index (χ0) is 13.1. The zero-order valence-corrected chi connectivity index (χ0v) is 11.4. The highest BCUT2D eigenvalue weighted by Crippen LogP contribution is 2.22. The molecular formula is C12H16O3S2. The Hall–Kier alpha value is -0.940. The van der Waals surface area contributed by atoms with Crippen LogP contribution in [-0.2, 0) is 9.53 Å². The Kier molecular flexibility index (Phi) is 9.66. The minimum absolute atomic E-state index is 0.0247. The van der Waals surface area contributed by atoms with E-state index in [4.69, 9.17) is 4.74 Å². The topological polar surface area (TPSA) is 43.4 Å². The van der Waals surface area contributed by atoms with Gasteiger partial charge in [-0.25, -0.2) is 4.79 Å². The largest absolute Gasteiger partial charge is 0.463 e. The molecule has 0 fully saturated rings. The second-order valence-electron chi connectivity index (χ2n) is 2.77. The molecule has 0 saturated heterocycles. The van der Waals surface area contributed by atoms with Crippen molar-refractivity contribution in [3.63, 3.8) is 0 Å². The normalized spacial score (nSPS) is 10.5. The first-order valence-electron chi connectivity index (χ1n) is 5.05. The third-order valence-corrected chi connectivity index (χ3v) is 3.62. The minimum atomic E-state index is -0.386. The van der Waals surface area contributed by atoms with Gasteiger partial charge in [0, 0.05) is 17.1 Å². The van der Waals surface area contributed by atoms with E-state index in [1.165, 1.54) is 6.08 Å². The highest BCUT2D eigenvalue weighted by atomic mass is 32.2. The van der Waals surface area contributed by atoms with Crippen LogP contribution in [-0.4, -0.2) is 28.0 Å². The maximum absolute atomic E-state index is 11.4. The van der Waals surface area contributed by atoms with Gasteiger partial charge in [-0.3, -0.25) is 4.79 Å². The molecule has 0 spiro atoms. The van der Waals surface area contributed by atoms with Crippen molar-refractivity contribution in [3.05, 3.63) is 37.5 Å². The summed E-state index contributed by atoms with van der Waals surface area (Å²) < 4.78 is 4.67. The second kappa shape index (κ2) is 10.2. The van der Waals surface area contributed by atoms with E-state index < -0.39 is 0 Å². The highest BCUT2D eigenvalue weighted by molar-refractivity contribution is 8.38. The van der Waals surface area contributed by atoms with Crippen molar-refractivity contribution >= 4 is 33.9 Å². The number of hydrogen-bond donors (Lipinski definition) is 0. The third kappa shape index (κ3) is 8.83. The Labute approximate surface area is 110 Å². The van der Waals surface area contributed by atoms with Gasteiger partial charge in [0.15, 0.2) is 0 Å². The van der Waals surface area contributed by atoms with Gasteiger partial charge in [-0.1, -0.05) is 41.8 Å². The van der Waals surface area contributed by atoms with E-state index in [1.54, 1.807) is 25.2 Å². The monoisotopic (exact) mass is 272 g/mol. The number of ether oxygens (including phenoxy) is 1. The van der Waals surface area contributed by atoms with Gasteiger partial charge in [-0.15, -0.1) is 13.2 Å². The van der Waals surface area contributed by atoms with E-state index in [9.17, 15) is 9.59 Å². The summed E-state index contributed by atoms with van der Waals surface area (Å²) in [5.74, 6) is 0.0642. The fraction of sp³-hybridized carbons (Fsp3) is 0.333. The number of thioether (sulfide) groups is 2. The van der Waals surface area contributed by atoms with E-state index in [0.717, 1.165) is 23.5 Å². The van der Waals surface area contributed by atoms with E-state index in [-0.39, 0.29) is 15.7 Å². The first-order valence-corrected chi connectivity index (χ1v) is 6.92. The Morgan fingerprint density at radius 3 is 2.53 bits per heavy atom. The van der Waals surface area contributed by atoms with E-state index in [1.807, 2.05) is 0 Å². The molecule has 0 heterocycles. The molecule has 5 heteroatoms. The van der Waals surface area contributed by atoms with Crippen molar-refractivity contribution in [1.82, 2.24) is 0 Å². The molecule has 0 amide bonds. The Morgan fingerprint density at radius 1 is 1.35 bits per heavy atom. The predicted molar refractivity (Wildman–Crippen MR) is 75.4 cm³/mol. The molecule has 94 valence electrons. The summed E-state index contributed by atoms with van der Waals surface area (Å²) in [5, 5.41) is -0.0657. The number of carbonyl (C=O) groups excluding carboxylic acids is 2. The molecule has 3 nitrogen and oxygen atoms in total. The van der Waals surface area contributed by atoms with Gasteiger partial charge in [-0.2, -0.15) is 0 Å². The van der Waals surface area contributed by atoms with Gasteiger partial charge < -0.3 is 4.74 Å². The average molecular weight is 272 g/mol. The van der Waals surface area contributed by atoms with Crippen molar-refractivity contribution < 1.29 is 14.3 Å². The van der Waals surface area contributed by atoms with Gasteiger partial charge in [-0.05, 0) is 6.92 Å². The standard InChI is InChI=1S/C12H16O3S2/c1-4-10(5-2)17-12(14)16-9-7-8-11(13)15-6-3/h4-5,7-8,10H,1-2,6,9H2,3H3/b8-7+. The minimum Gasteiger partial charge on any atom is -0.463 e. The molecule has 0 saturated carbocycles. The molecule has 0 bridgehead atoms. The molecule has 0 unspecified atom stereocenters. The SMILES string of the molecule is C=CC(C=C)SC(=O)SC/C=C/C(=O)OCC. The molecule has 0 aliphatic rings. The zero-order valence-electron chi connectivity index (χ0n) is 9.76. The van der Waals surface area contributed by atoms with Gasteiger partial charge >= 0.3 is 5.97 Å². The fourth-order valence-corrected chi connectivity index (χ4v) is 2.34. The molecule has 0 rings (SSSR count). The lowest BCUT2D eigenvalue weighted by Crippen LogP contribution is -1.99. The molecule has 0 aromatic heterocycles. The van der Waals surface area contributed by atoms with Crippen molar-refractivity contribution in [2.24, 2.45) is 0 Å². The summed E-state index contributed by atoms with van der Waals surface area (Å²) in [7, 11) is 0. The van der Waals surface area contributed by atoms with Crippen LogP contribution >= 0.6 is 23.5 Å². The molecule has 0 aliphatic heterocycles. The molecule has 0 aromatic rings. The van der Waals surface area contributed by atoms with Gasteiger partial charge in [0.25, 0.3) is 0 Å². The summed E-state index contributed by atoms with van der Waals surface area (Å²) in [6, 6.07) is 0. The molecular weight excluding hydrogens is 256 g/mol. The molecule has 0 radical (unpaired) electrons. The second-order valence-corrected chi connectivity index (χ2v) is 5.17. The van der Waals surface area contributed by atoms with E-state index >= 15 is 0 Å². The van der Waals surface area contributed by atoms with Crippen LogP contribution in [0.5, 0.6) is 0 Å². The molecule has 0 atom stereocenters. The molecule has 17 heavy (non-hydrogen) atoms. The van der Waals surface area contributed by atoms with Crippen molar-refractivity contribution in [2.75, 3.05) is 12.4 Å². The van der Waals surface area contributed by atoms with Crippen LogP contribution in [0.4, 0.5) is 4.79 Å². The number of rotatable bonds is 7. The van der Waals surface area contributed by atoms with Crippen LogP contribution < -0.4 is 0 Å². The first kappa shape index (κ1) is 16.1. The fourth-order valence-electron chi connectivity index (χ4n) is 0.788. The van der Waals surface area contributed by atoms with Gasteiger partial charge in [0.05, 0.1) is 6.61 Å². The maximum atomic E-state index is 11.4. The summed E-state index contributed by atoms with van der Waals surface area (Å²) in [6.07, 6.45) is 6.25. The summed E-state index contributed by atoms with van der Waals surface area (Å²) >= 11 is 2.28. The number of hydrogen-bond acceptors (Lipinski definition) is 5. The van der Waals surface area contributed by atoms with Crippen LogP contribution in [0.2, 0.25) is 0 Å². The maximum Gasteiger partial charge on any atom is 0.330 e. The lowest BCUT2D eigenvalue weighted by molar-refractivity contribution is -0.137. The van der Waals surface area contributed by atoms with Crippen molar-refractivity contribution in [3.8, 4) is 0 Å². The summed E-state index contributed by atoms with van der Waals surface area (Å²) in [5.41, 5.74) is 0. The third-order valence-electron chi connectivity index (χ3n) is 1.53. The van der Waals surface area contributed by atoms with Gasteiger partial charge in [0.1, 0.15) is 0 Å². The average Bonchev–Trinajstić information content (AvgIpc) is 2.32. The van der Waals surface area contributed by atoms with Crippen molar-refractivity contribution in [2.45, 2.75) is 12.2 Å². The lowest BCUT2D eigenvalue weighted by atomic mass is 10.4. The number of carbonyl (C=O) groups is 2. The van der Waals surface area contributed by atoms with E-state index in [2.05, 4.69) is 13.2 Å². The quantitative estimate of drug-likeness (QED) is 0.403. The molecule has 0 N–H and O–H groups in total. The Bertz CT molecular complexity index is 303. The predicted octanol–water partition coefficient (Wildman–Crippen LogP) is 3.43. The van der Waals surface area contributed by atoms with Crippen LogP contribution in [0, 0.1) is 0 Å². The summed E-state index contributed by atoms with van der Waals surface area (Å²) in [6.45, 7) is 9.29.